The van der Waals surface area contributed by atoms with Gasteiger partial charge in [0.05, 0.1) is 16.8 Å². The Morgan fingerprint density at radius 1 is 1.00 bits per heavy atom. The Hall–Kier alpha value is -3.54. The van der Waals surface area contributed by atoms with E-state index in [-0.39, 0.29) is 11.7 Å². The zero-order chi connectivity index (χ0) is 21.1. The highest BCUT2D eigenvalue weighted by Gasteiger charge is 2.24. The summed E-state index contributed by atoms with van der Waals surface area (Å²) >= 11 is 0. The van der Waals surface area contributed by atoms with Gasteiger partial charge in [-0.05, 0) is 56.7 Å². The van der Waals surface area contributed by atoms with Crippen LogP contribution in [0.4, 0.5) is 5.69 Å². The van der Waals surface area contributed by atoms with Crippen molar-refractivity contribution in [2.45, 2.75) is 33.8 Å². The van der Waals surface area contributed by atoms with Crippen LogP contribution in [0.5, 0.6) is 0 Å². The highest BCUT2D eigenvalue weighted by atomic mass is 16.5. The van der Waals surface area contributed by atoms with E-state index < -0.39 is 12.1 Å². The van der Waals surface area contributed by atoms with Crippen molar-refractivity contribution in [2.24, 2.45) is 0 Å². The fraction of sp³-hybridized carbons (Fsp3) is 0.217. The van der Waals surface area contributed by atoms with Crippen LogP contribution in [0.1, 0.15) is 45.8 Å². The molecule has 0 saturated carbocycles. The third kappa shape index (κ3) is 4.32. The van der Waals surface area contributed by atoms with Crippen molar-refractivity contribution in [1.82, 2.24) is 4.98 Å². The molecule has 1 aromatic heterocycles. The van der Waals surface area contributed by atoms with E-state index in [2.05, 4.69) is 10.3 Å². The summed E-state index contributed by atoms with van der Waals surface area (Å²) in [5, 5.41) is 3.51. The number of ketones is 1. The molecule has 1 amide bonds. The SMILES string of the molecule is CC(=O)Nc1ccc(C(=O)[C@H](C)OC(=O)c2c(C)nc3ccccc3c2C)cc1. The summed E-state index contributed by atoms with van der Waals surface area (Å²) in [5.41, 5.74) is 3.51. The number of benzene rings is 2. The molecule has 0 saturated heterocycles. The molecule has 6 heteroatoms. The van der Waals surface area contributed by atoms with Crippen LogP contribution in [0.2, 0.25) is 0 Å². The van der Waals surface area contributed by atoms with Gasteiger partial charge in [0.1, 0.15) is 0 Å². The number of carbonyl (C=O) groups excluding carboxylic acids is 3. The molecule has 6 nitrogen and oxygen atoms in total. The topological polar surface area (TPSA) is 85.4 Å². The molecule has 0 radical (unpaired) electrons. The number of carbonyl (C=O) groups is 3. The average Bonchev–Trinajstić information content (AvgIpc) is 2.67. The zero-order valence-electron chi connectivity index (χ0n) is 16.8. The Balaban J connectivity index is 1.79. The van der Waals surface area contributed by atoms with Gasteiger partial charge in [-0.2, -0.15) is 0 Å². The van der Waals surface area contributed by atoms with Crippen LogP contribution in [0.3, 0.4) is 0 Å². The van der Waals surface area contributed by atoms with Crippen LogP contribution in [0.25, 0.3) is 10.9 Å². The number of hydrogen-bond acceptors (Lipinski definition) is 5. The normalized spacial score (nSPS) is 11.7. The molecule has 0 spiro atoms. The molecule has 1 atom stereocenters. The number of para-hydroxylation sites is 1. The maximum atomic E-state index is 12.8. The number of aryl methyl sites for hydroxylation is 2. The van der Waals surface area contributed by atoms with Crippen LogP contribution in [0.15, 0.2) is 48.5 Å². The summed E-state index contributed by atoms with van der Waals surface area (Å²) < 4.78 is 5.46. The summed E-state index contributed by atoms with van der Waals surface area (Å²) in [6.45, 7) is 6.55. The zero-order valence-corrected chi connectivity index (χ0v) is 16.8. The minimum absolute atomic E-state index is 0.193. The Morgan fingerprint density at radius 3 is 2.31 bits per heavy atom. The molecule has 148 valence electrons. The number of pyridine rings is 1. The molecule has 0 fully saturated rings. The van der Waals surface area contributed by atoms with Crippen LogP contribution < -0.4 is 5.32 Å². The summed E-state index contributed by atoms with van der Waals surface area (Å²) in [6.07, 6.45) is -0.959. The molecular formula is C23H22N2O4. The molecule has 0 bridgehead atoms. The van der Waals surface area contributed by atoms with Crippen LogP contribution in [-0.2, 0) is 9.53 Å². The van der Waals surface area contributed by atoms with Gasteiger partial charge in [0.2, 0.25) is 11.7 Å². The lowest BCUT2D eigenvalue weighted by Crippen LogP contribution is -2.25. The van der Waals surface area contributed by atoms with Crippen molar-refractivity contribution in [1.29, 1.82) is 0 Å². The second kappa shape index (κ2) is 8.22. The molecule has 0 aliphatic rings. The quantitative estimate of drug-likeness (QED) is 0.520. The smallest absolute Gasteiger partial charge is 0.340 e. The van der Waals surface area contributed by atoms with Gasteiger partial charge in [-0.15, -0.1) is 0 Å². The number of aromatic nitrogens is 1. The molecule has 1 heterocycles. The van der Waals surface area contributed by atoms with E-state index in [0.29, 0.717) is 22.5 Å². The van der Waals surface area contributed by atoms with Crippen molar-refractivity contribution in [2.75, 3.05) is 5.32 Å². The average molecular weight is 390 g/mol. The van der Waals surface area contributed by atoms with E-state index in [4.69, 9.17) is 4.74 Å². The monoisotopic (exact) mass is 390 g/mol. The molecule has 0 aliphatic heterocycles. The largest absolute Gasteiger partial charge is 0.451 e. The lowest BCUT2D eigenvalue weighted by atomic mass is 10.0. The van der Waals surface area contributed by atoms with Crippen molar-refractivity contribution in [3.8, 4) is 0 Å². The van der Waals surface area contributed by atoms with E-state index in [0.717, 1.165) is 16.5 Å². The number of anilines is 1. The van der Waals surface area contributed by atoms with E-state index in [1.807, 2.05) is 31.2 Å². The number of nitrogens with one attached hydrogen (secondary N) is 1. The molecule has 0 aliphatic carbocycles. The number of esters is 1. The Kier molecular flexibility index (Phi) is 5.73. The molecular weight excluding hydrogens is 368 g/mol. The second-order valence-electron chi connectivity index (χ2n) is 6.88. The Bertz CT molecular complexity index is 1100. The van der Waals surface area contributed by atoms with Crippen LogP contribution in [0, 0.1) is 13.8 Å². The number of fused-ring (bicyclic) bond motifs is 1. The first kappa shape index (κ1) is 20.2. The van der Waals surface area contributed by atoms with Gasteiger partial charge in [-0.25, -0.2) is 4.79 Å². The van der Waals surface area contributed by atoms with Crippen LogP contribution in [-0.4, -0.2) is 28.7 Å². The lowest BCUT2D eigenvalue weighted by molar-refractivity contribution is -0.114. The highest BCUT2D eigenvalue weighted by molar-refractivity contribution is 6.03. The first-order valence-electron chi connectivity index (χ1n) is 9.26. The van der Waals surface area contributed by atoms with Gasteiger partial charge in [0, 0.05) is 23.6 Å². The van der Waals surface area contributed by atoms with Gasteiger partial charge in [0.25, 0.3) is 0 Å². The molecule has 0 unspecified atom stereocenters. The minimum Gasteiger partial charge on any atom is -0.451 e. The Labute approximate surface area is 168 Å². The summed E-state index contributed by atoms with van der Waals surface area (Å²) in [6, 6.07) is 14.0. The number of nitrogens with zero attached hydrogens (tertiary/aromatic N) is 1. The van der Waals surface area contributed by atoms with Crippen molar-refractivity contribution in [3.05, 3.63) is 70.9 Å². The maximum absolute atomic E-state index is 12.8. The van der Waals surface area contributed by atoms with Crippen molar-refractivity contribution >= 4 is 34.3 Å². The van der Waals surface area contributed by atoms with E-state index in [9.17, 15) is 14.4 Å². The van der Waals surface area contributed by atoms with Gasteiger partial charge in [0.15, 0.2) is 6.10 Å². The van der Waals surface area contributed by atoms with E-state index in [1.54, 1.807) is 38.1 Å². The number of ether oxygens (including phenoxy) is 1. The highest BCUT2D eigenvalue weighted by Crippen LogP contribution is 2.24. The number of hydrogen-bond donors (Lipinski definition) is 1. The lowest BCUT2D eigenvalue weighted by Gasteiger charge is -2.16. The molecule has 2 aromatic carbocycles. The third-order valence-electron chi connectivity index (χ3n) is 4.68. The molecule has 1 N–H and O–H groups in total. The summed E-state index contributed by atoms with van der Waals surface area (Å²) in [5.74, 6) is -1.09. The molecule has 29 heavy (non-hydrogen) atoms. The maximum Gasteiger partial charge on any atom is 0.340 e. The van der Waals surface area contributed by atoms with Gasteiger partial charge >= 0.3 is 5.97 Å². The molecule has 3 rings (SSSR count). The summed E-state index contributed by atoms with van der Waals surface area (Å²) in [7, 11) is 0. The summed E-state index contributed by atoms with van der Waals surface area (Å²) in [4.78, 5) is 41.0. The predicted molar refractivity (Wildman–Crippen MR) is 111 cm³/mol. The van der Waals surface area contributed by atoms with Gasteiger partial charge in [-0.3, -0.25) is 14.6 Å². The first-order chi connectivity index (χ1) is 13.8. The Morgan fingerprint density at radius 2 is 1.66 bits per heavy atom. The standard InChI is InChI=1S/C23H22N2O4/c1-13-19-7-5-6-8-20(19)24-14(2)21(13)23(28)29-15(3)22(27)17-9-11-18(12-10-17)25-16(4)26/h5-12,15H,1-4H3,(H,25,26)/t15-/m0/s1. The van der Waals surface area contributed by atoms with Gasteiger partial charge in [-0.1, -0.05) is 18.2 Å². The van der Waals surface area contributed by atoms with Crippen molar-refractivity contribution < 1.29 is 19.1 Å². The first-order valence-corrected chi connectivity index (χ1v) is 9.26. The fourth-order valence-electron chi connectivity index (χ4n) is 3.26. The van der Waals surface area contributed by atoms with Gasteiger partial charge < -0.3 is 10.1 Å². The second-order valence-corrected chi connectivity index (χ2v) is 6.88. The fourth-order valence-corrected chi connectivity index (χ4v) is 3.26. The number of rotatable bonds is 5. The number of Topliss-reactive ketones (excluding diaryl/α,β-unsaturated/α-hetero) is 1. The number of amides is 1. The van der Waals surface area contributed by atoms with E-state index in [1.165, 1.54) is 6.92 Å². The molecule has 3 aromatic rings. The third-order valence-corrected chi connectivity index (χ3v) is 4.68. The van der Waals surface area contributed by atoms with E-state index >= 15 is 0 Å². The predicted octanol–water partition coefficient (Wildman–Crippen LogP) is 4.24. The van der Waals surface area contributed by atoms with Crippen molar-refractivity contribution in [3.63, 3.8) is 0 Å². The van der Waals surface area contributed by atoms with Crippen LogP contribution >= 0.6 is 0 Å². The minimum atomic E-state index is -0.959.